The second-order valence-electron chi connectivity index (χ2n) is 4.78. The Kier molecular flexibility index (Phi) is 6.11. The third kappa shape index (κ3) is 3.72. The zero-order chi connectivity index (χ0) is 14.8. The number of esters is 1. The Morgan fingerprint density at radius 2 is 2.14 bits per heavy atom. The molecule has 1 aromatic rings. The van der Waals surface area contributed by atoms with E-state index < -0.39 is 21.5 Å². The van der Waals surface area contributed by atoms with Crippen molar-refractivity contribution in [2.45, 2.75) is 35.4 Å². The lowest BCUT2D eigenvalue weighted by Crippen LogP contribution is -2.51. The number of nitrogens with zero attached hydrogens (tertiary/aromatic N) is 1. The molecular formula is C11H18ClN3O4S2. The van der Waals surface area contributed by atoms with Gasteiger partial charge in [-0.2, -0.15) is 0 Å². The summed E-state index contributed by atoms with van der Waals surface area (Å²) in [5, 5.41) is 0. The molecule has 21 heavy (non-hydrogen) atoms. The Hall–Kier alpha value is -0.740. The van der Waals surface area contributed by atoms with E-state index in [1.54, 1.807) is 0 Å². The smallest absolute Gasteiger partial charge is 0.358 e. The molecule has 0 saturated heterocycles. The number of hydrogen-bond donors (Lipinski definition) is 2. The van der Waals surface area contributed by atoms with Gasteiger partial charge in [0.15, 0.2) is 9.90 Å². The first-order chi connectivity index (χ1) is 9.44. The number of carbonyl (C=O) groups is 1. The van der Waals surface area contributed by atoms with E-state index in [0.29, 0.717) is 12.8 Å². The molecule has 1 aromatic heterocycles. The van der Waals surface area contributed by atoms with E-state index in [0.717, 1.165) is 24.2 Å². The summed E-state index contributed by atoms with van der Waals surface area (Å²) in [7, 11) is -2.65. The molecule has 10 heteroatoms. The number of halogens is 1. The molecule has 120 valence electrons. The molecular weight excluding hydrogens is 338 g/mol. The van der Waals surface area contributed by atoms with Crippen LogP contribution >= 0.6 is 23.7 Å². The Morgan fingerprint density at radius 1 is 1.52 bits per heavy atom. The number of sulfonamides is 1. The van der Waals surface area contributed by atoms with Gasteiger partial charge < -0.3 is 10.5 Å². The van der Waals surface area contributed by atoms with Gasteiger partial charge in [-0.25, -0.2) is 22.9 Å². The Balaban J connectivity index is 0.00000220. The van der Waals surface area contributed by atoms with Crippen molar-refractivity contribution in [1.29, 1.82) is 0 Å². The summed E-state index contributed by atoms with van der Waals surface area (Å²) in [5.41, 5.74) is 6.23. The van der Waals surface area contributed by atoms with Crippen molar-refractivity contribution in [1.82, 2.24) is 9.71 Å². The average molecular weight is 356 g/mol. The largest absolute Gasteiger partial charge is 0.464 e. The lowest BCUT2D eigenvalue weighted by atomic mass is 10.0. The summed E-state index contributed by atoms with van der Waals surface area (Å²) in [6.07, 6.45) is 3.28. The summed E-state index contributed by atoms with van der Waals surface area (Å²) < 4.78 is 32.0. The van der Waals surface area contributed by atoms with Gasteiger partial charge in [-0.1, -0.05) is 12.8 Å². The van der Waals surface area contributed by atoms with E-state index in [9.17, 15) is 13.2 Å². The molecule has 0 radical (unpaired) electrons. The van der Waals surface area contributed by atoms with Crippen molar-refractivity contribution in [2.75, 3.05) is 13.7 Å². The second-order valence-corrected chi connectivity index (χ2v) is 7.51. The first kappa shape index (κ1) is 18.3. The van der Waals surface area contributed by atoms with Crippen molar-refractivity contribution in [2.24, 2.45) is 5.73 Å². The zero-order valence-corrected chi connectivity index (χ0v) is 13.9. The van der Waals surface area contributed by atoms with Crippen LogP contribution < -0.4 is 10.5 Å². The number of nitrogens with one attached hydrogen (secondary N) is 1. The Labute approximate surface area is 133 Å². The molecule has 1 aliphatic carbocycles. The molecule has 2 rings (SSSR count). The molecule has 1 saturated carbocycles. The fourth-order valence-electron chi connectivity index (χ4n) is 2.39. The minimum absolute atomic E-state index is 0. The van der Waals surface area contributed by atoms with Gasteiger partial charge in [0.25, 0.3) is 10.0 Å². The summed E-state index contributed by atoms with van der Waals surface area (Å²) >= 11 is 0.890. The molecule has 3 N–H and O–H groups in total. The van der Waals surface area contributed by atoms with Crippen LogP contribution in [0.3, 0.4) is 0 Å². The van der Waals surface area contributed by atoms with Crippen molar-refractivity contribution in [3.05, 3.63) is 11.2 Å². The molecule has 1 fully saturated rings. The number of carbonyl (C=O) groups excluding carboxylic acids is 1. The van der Waals surface area contributed by atoms with Crippen LogP contribution in [0, 0.1) is 0 Å². The molecule has 0 aromatic carbocycles. The summed E-state index contributed by atoms with van der Waals surface area (Å²) in [6, 6.07) is 0. The van der Waals surface area contributed by atoms with Crippen LogP contribution in [-0.2, 0) is 14.8 Å². The number of nitrogens with two attached hydrogens (primary N) is 1. The first-order valence-electron chi connectivity index (χ1n) is 6.20. The molecule has 7 nitrogen and oxygen atoms in total. The van der Waals surface area contributed by atoms with Gasteiger partial charge in [-0.05, 0) is 12.8 Å². The van der Waals surface area contributed by atoms with Crippen LogP contribution in [0.2, 0.25) is 0 Å². The molecule has 1 heterocycles. The number of ether oxygens (including phenoxy) is 1. The van der Waals surface area contributed by atoms with Crippen LogP contribution in [0.25, 0.3) is 0 Å². The van der Waals surface area contributed by atoms with Crippen LogP contribution in [-0.4, -0.2) is 38.6 Å². The summed E-state index contributed by atoms with van der Waals surface area (Å²) in [4.78, 5) is 15.3. The average Bonchev–Trinajstić information content (AvgIpc) is 3.06. The predicted molar refractivity (Wildman–Crippen MR) is 81.3 cm³/mol. The Morgan fingerprint density at radius 3 is 2.67 bits per heavy atom. The Bertz CT molecular complexity index is 596. The molecule has 0 atom stereocenters. The molecule has 0 amide bonds. The molecule has 0 spiro atoms. The van der Waals surface area contributed by atoms with Crippen LogP contribution in [0.1, 0.15) is 36.2 Å². The highest BCUT2D eigenvalue weighted by Crippen LogP contribution is 2.31. The quantitative estimate of drug-likeness (QED) is 0.759. The molecule has 0 aliphatic heterocycles. The number of thiazole rings is 1. The van der Waals surface area contributed by atoms with Gasteiger partial charge in [0.1, 0.15) is 0 Å². The number of aromatic nitrogens is 1. The lowest BCUT2D eigenvalue weighted by Gasteiger charge is -2.27. The van der Waals surface area contributed by atoms with Gasteiger partial charge in [-0.15, -0.1) is 23.7 Å². The fourth-order valence-corrected chi connectivity index (χ4v) is 4.99. The molecule has 0 bridgehead atoms. The van der Waals surface area contributed by atoms with Crippen molar-refractivity contribution < 1.29 is 17.9 Å². The maximum atomic E-state index is 12.5. The minimum atomic E-state index is -3.83. The highest BCUT2D eigenvalue weighted by molar-refractivity contribution is 7.91. The van der Waals surface area contributed by atoms with Gasteiger partial charge in [0.2, 0.25) is 0 Å². The van der Waals surface area contributed by atoms with Gasteiger partial charge in [0.05, 0.1) is 12.6 Å². The first-order valence-corrected chi connectivity index (χ1v) is 8.56. The van der Waals surface area contributed by atoms with E-state index in [1.165, 1.54) is 12.6 Å². The summed E-state index contributed by atoms with van der Waals surface area (Å²) in [5.74, 6) is -0.764. The van der Waals surface area contributed by atoms with Gasteiger partial charge in [-0.3, -0.25) is 0 Å². The third-order valence-corrected chi connectivity index (χ3v) is 6.41. The van der Waals surface area contributed by atoms with E-state index in [2.05, 4.69) is 14.4 Å². The maximum absolute atomic E-state index is 12.5. The summed E-state index contributed by atoms with van der Waals surface area (Å²) in [6.45, 7) is 0.235. The van der Waals surface area contributed by atoms with E-state index in [4.69, 9.17) is 5.73 Å². The van der Waals surface area contributed by atoms with Gasteiger partial charge >= 0.3 is 5.97 Å². The SMILES string of the molecule is COC(=O)c1ncsc1S(=O)(=O)NC1(CN)CCCC1.Cl. The topological polar surface area (TPSA) is 111 Å². The van der Waals surface area contributed by atoms with Crippen LogP contribution in [0.15, 0.2) is 9.72 Å². The predicted octanol–water partition coefficient (Wildman–Crippen LogP) is 0.901. The number of methoxy groups -OCH3 is 1. The third-order valence-electron chi connectivity index (χ3n) is 3.46. The van der Waals surface area contributed by atoms with E-state index in [1.807, 2.05) is 0 Å². The highest BCUT2D eigenvalue weighted by Gasteiger charge is 2.38. The van der Waals surface area contributed by atoms with Crippen molar-refractivity contribution >= 4 is 39.7 Å². The molecule has 1 aliphatic rings. The van der Waals surface area contributed by atoms with Crippen molar-refractivity contribution in [3.8, 4) is 0 Å². The van der Waals surface area contributed by atoms with Gasteiger partial charge in [0, 0.05) is 12.1 Å². The minimum Gasteiger partial charge on any atom is -0.464 e. The van der Waals surface area contributed by atoms with E-state index in [-0.39, 0.29) is 28.9 Å². The zero-order valence-electron chi connectivity index (χ0n) is 11.5. The number of rotatable bonds is 5. The maximum Gasteiger partial charge on any atom is 0.358 e. The fraction of sp³-hybridized carbons (Fsp3) is 0.636. The second kappa shape index (κ2) is 7.01. The highest BCUT2D eigenvalue weighted by atomic mass is 35.5. The van der Waals surface area contributed by atoms with Crippen LogP contribution in [0.5, 0.6) is 0 Å². The lowest BCUT2D eigenvalue weighted by molar-refractivity contribution is 0.0590. The number of hydrogen-bond acceptors (Lipinski definition) is 7. The monoisotopic (exact) mass is 355 g/mol. The normalized spacial score (nSPS) is 17.2. The van der Waals surface area contributed by atoms with E-state index >= 15 is 0 Å². The molecule has 0 unspecified atom stereocenters. The van der Waals surface area contributed by atoms with Crippen molar-refractivity contribution in [3.63, 3.8) is 0 Å². The van der Waals surface area contributed by atoms with Crippen LogP contribution in [0.4, 0.5) is 0 Å². The standard InChI is InChI=1S/C11H17N3O4S2.ClH/c1-18-9(15)8-10(19-7-13-8)20(16,17)14-11(6-12)4-2-3-5-11;/h7,14H,2-6,12H2,1H3;1H.